The summed E-state index contributed by atoms with van der Waals surface area (Å²) in [6.45, 7) is 4.80. The predicted molar refractivity (Wildman–Crippen MR) is 86.1 cm³/mol. The van der Waals surface area contributed by atoms with Crippen molar-refractivity contribution < 1.29 is 14.1 Å². The van der Waals surface area contributed by atoms with Crippen molar-refractivity contribution in [2.24, 2.45) is 0 Å². The molecule has 0 radical (unpaired) electrons. The summed E-state index contributed by atoms with van der Waals surface area (Å²) in [6, 6.07) is -0.222. The van der Waals surface area contributed by atoms with Gasteiger partial charge in [-0.2, -0.15) is 4.98 Å². The molecule has 0 bridgehead atoms. The lowest BCUT2D eigenvalue weighted by molar-refractivity contribution is -0.129. The lowest BCUT2D eigenvalue weighted by Gasteiger charge is -2.22. The van der Waals surface area contributed by atoms with E-state index in [2.05, 4.69) is 15.5 Å². The fraction of sp³-hybridized carbons (Fsp3) is 0.750. The number of carbonyl (C=O) groups is 2. The number of likely N-dealkylation sites (tertiary alicyclic amines) is 1. The molecule has 2 aliphatic rings. The topological polar surface area (TPSA) is 91.6 Å². The van der Waals surface area contributed by atoms with Gasteiger partial charge in [0.1, 0.15) is 0 Å². The van der Waals surface area contributed by atoms with Gasteiger partial charge in [-0.15, -0.1) is 0 Å². The average Bonchev–Trinajstić information content (AvgIpc) is 3.04. The molecule has 0 spiro atoms. The van der Waals surface area contributed by atoms with Crippen molar-refractivity contribution in [1.29, 1.82) is 0 Å². The largest absolute Gasteiger partial charge is 0.339 e. The molecule has 2 heterocycles. The van der Waals surface area contributed by atoms with Crippen LogP contribution in [-0.4, -0.2) is 57.6 Å². The number of amides is 3. The van der Waals surface area contributed by atoms with Crippen LogP contribution in [0.1, 0.15) is 57.2 Å². The zero-order valence-corrected chi connectivity index (χ0v) is 14.5. The number of rotatable bonds is 5. The van der Waals surface area contributed by atoms with Crippen LogP contribution in [0.3, 0.4) is 0 Å². The van der Waals surface area contributed by atoms with E-state index < -0.39 is 0 Å². The summed E-state index contributed by atoms with van der Waals surface area (Å²) in [5.41, 5.74) is 0. The second-order valence-corrected chi connectivity index (χ2v) is 7.02. The Morgan fingerprint density at radius 3 is 2.79 bits per heavy atom. The normalized spacial score (nSPS) is 21.2. The lowest BCUT2D eigenvalue weighted by Crippen LogP contribution is -2.44. The van der Waals surface area contributed by atoms with Crippen molar-refractivity contribution in [1.82, 2.24) is 25.3 Å². The smallest absolute Gasteiger partial charge is 0.317 e. The highest BCUT2D eigenvalue weighted by atomic mass is 16.5. The van der Waals surface area contributed by atoms with Gasteiger partial charge >= 0.3 is 6.03 Å². The van der Waals surface area contributed by atoms with E-state index in [4.69, 9.17) is 4.52 Å². The molecule has 24 heavy (non-hydrogen) atoms. The Hall–Kier alpha value is -2.12. The summed E-state index contributed by atoms with van der Waals surface area (Å²) >= 11 is 0. The number of hydrogen-bond acceptors (Lipinski definition) is 5. The minimum atomic E-state index is -0.228. The number of carbonyl (C=O) groups excluding carboxylic acids is 2. The third kappa shape index (κ3) is 3.52. The van der Waals surface area contributed by atoms with Crippen LogP contribution in [0.15, 0.2) is 4.52 Å². The van der Waals surface area contributed by atoms with Crippen LogP contribution < -0.4 is 5.32 Å². The Bertz CT molecular complexity index is 611. The molecule has 3 amide bonds. The van der Waals surface area contributed by atoms with Crippen LogP contribution in [0.5, 0.6) is 0 Å². The van der Waals surface area contributed by atoms with Gasteiger partial charge in [-0.25, -0.2) is 4.79 Å². The molecule has 1 aliphatic heterocycles. The number of nitrogens with one attached hydrogen (secondary N) is 1. The van der Waals surface area contributed by atoms with Crippen molar-refractivity contribution >= 4 is 11.9 Å². The van der Waals surface area contributed by atoms with Gasteiger partial charge in [0.2, 0.25) is 11.8 Å². The fourth-order valence-corrected chi connectivity index (χ4v) is 3.05. The Morgan fingerprint density at radius 2 is 2.21 bits per heavy atom. The average molecular weight is 335 g/mol. The number of hydrogen-bond donors (Lipinski definition) is 1. The van der Waals surface area contributed by atoms with Crippen LogP contribution in [-0.2, 0) is 11.3 Å². The first kappa shape index (κ1) is 16.7. The highest BCUT2D eigenvalue weighted by molar-refractivity contribution is 5.81. The molecule has 1 aromatic rings. The molecule has 8 nitrogen and oxygen atoms in total. The molecule has 0 unspecified atom stereocenters. The monoisotopic (exact) mass is 335 g/mol. The number of urea groups is 1. The second kappa shape index (κ2) is 6.78. The lowest BCUT2D eigenvalue weighted by atomic mass is 9.85. The third-order valence-corrected chi connectivity index (χ3v) is 4.77. The predicted octanol–water partition coefficient (Wildman–Crippen LogP) is 1.49. The van der Waals surface area contributed by atoms with E-state index in [0.29, 0.717) is 30.6 Å². The van der Waals surface area contributed by atoms with Gasteiger partial charge in [-0.05, 0) is 26.7 Å². The summed E-state index contributed by atoms with van der Waals surface area (Å²) < 4.78 is 5.27. The number of aromatic nitrogens is 2. The van der Waals surface area contributed by atoms with Crippen LogP contribution in [0, 0.1) is 0 Å². The highest BCUT2D eigenvalue weighted by Gasteiger charge is 2.32. The van der Waals surface area contributed by atoms with E-state index in [0.717, 1.165) is 12.8 Å². The van der Waals surface area contributed by atoms with E-state index in [-0.39, 0.29) is 30.6 Å². The zero-order valence-electron chi connectivity index (χ0n) is 14.5. The molecule has 2 fully saturated rings. The Labute approximate surface area is 141 Å². The van der Waals surface area contributed by atoms with Gasteiger partial charge in [0.05, 0.1) is 12.6 Å². The molecule has 1 aromatic heterocycles. The Balaban J connectivity index is 1.50. The second-order valence-electron chi connectivity index (χ2n) is 7.02. The van der Waals surface area contributed by atoms with E-state index in [9.17, 15) is 9.59 Å². The van der Waals surface area contributed by atoms with Crippen molar-refractivity contribution in [3.05, 3.63) is 11.7 Å². The minimum absolute atomic E-state index is 0.0845. The molecule has 1 atom stereocenters. The summed E-state index contributed by atoms with van der Waals surface area (Å²) in [4.78, 5) is 31.9. The summed E-state index contributed by atoms with van der Waals surface area (Å²) in [5, 5.41) is 6.85. The number of nitrogens with zero attached hydrogens (tertiary/aromatic N) is 4. The van der Waals surface area contributed by atoms with Crippen molar-refractivity contribution in [3.63, 3.8) is 0 Å². The summed E-state index contributed by atoms with van der Waals surface area (Å²) in [5.74, 6) is 1.66. The summed E-state index contributed by atoms with van der Waals surface area (Å²) in [7, 11) is 1.69. The molecule has 1 aliphatic carbocycles. The van der Waals surface area contributed by atoms with Crippen LogP contribution in [0.2, 0.25) is 0 Å². The van der Waals surface area contributed by atoms with Gasteiger partial charge in [0.25, 0.3) is 0 Å². The third-order valence-electron chi connectivity index (χ3n) is 4.77. The molecule has 132 valence electrons. The van der Waals surface area contributed by atoms with Gasteiger partial charge < -0.3 is 19.6 Å². The minimum Gasteiger partial charge on any atom is -0.339 e. The standard InChI is InChI=1S/C16H25N5O3/c1-10(2)21-8-12(7-14(21)22)17-16(23)20(3)9-13-18-15(24-19-13)11-5-4-6-11/h10-12H,4-9H2,1-3H3,(H,17,23)/t12-/m1/s1. The van der Waals surface area contributed by atoms with E-state index in [1.807, 2.05) is 13.8 Å². The van der Waals surface area contributed by atoms with Crippen molar-refractivity contribution in [3.8, 4) is 0 Å². The molecule has 1 saturated heterocycles. The maximum absolute atomic E-state index is 12.3. The molecular weight excluding hydrogens is 310 g/mol. The van der Waals surface area contributed by atoms with E-state index >= 15 is 0 Å². The quantitative estimate of drug-likeness (QED) is 0.880. The Kier molecular flexibility index (Phi) is 4.73. The van der Waals surface area contributed by atoms with Gasteiger partial charge in [0, 0.05) is 32.0 Å². The fourth-order valence-electron chi connectivity index (χ4n) is 3.05. The first-order chi connectivity index (χ1) is 11.4. The van der Waals surface area contributed by atoms with E-state index in [1.54, 1.807) is 11.9 Å². The van der Waals surface area contributed by atoms with Crippen molar-refractivity contribution in [2.75, 3.05) is 13.6 Å². The molecule has 3 rings (SSSR count). The van der Waals surface area contributed by atoms with Gasteiger partial charge in [0.15, 0.2) is 5.82 Å². The zero-order chi connectivity index (χ0) is 17.3. The Morgan fingerprint density at radius 1 is 1.46 bits per heavy atom. The SMILES string of the molecule is CC(C)N1C[C@H](NC(=O)N(C)Cc2noc(C3CCC3)n2)CC1=O. The van der Waals surface area contributed by atoms with Crippen LogP contribution in [0.4, 0.5) is 4.79 Å². The maximum atomic E-state index is 12.3. The molecule has 1 saturated carbocycles. The van der Waals surface area contributed by atoms with Crippen LogP contribution >= 0.6 is 0 Å². The van der Waals surface area contributed by atoms with Crippen molar-refractivity contribution in [2.45, 2.75) is 64.1 Å². The molecular formula is C16H25N5O3. The van der Waals surface area contributed by atoms with Gasteiger partial charge in [-0.1, -0.05) is 11.6 Å². The molecule has 8 heteroatoms. The maximum Gasteiger partial charge on any atom is 0.317 e. The van der Waals surface area contributed by atoms with Crippen LogP contribution in [0.25, 0.3) is 0 Å². The highest BCUT2D eigenvalue weighted by Crippen LogP contribution is 2.35. The molecule has 0 aromatic carbocycles. The summed E-state index contributed by atoms with van der Waals surface area (Å²) in [6.07, 6.45) is 3.75. The first-order valence-electron chi connectivity index (χ1n) is 8.57. The van der Waals surface area contributed by atoms with Gasteiger partial charge in [-0.3, -0.25) is 4.79 Å². The first-order valence-corrected chi connectivity index (χ1v) is 8.57. The molecule has 1 N–H and O–H groups in total. The van der Waals surface area contributed by atoms with E-state index in [1.165, 1.54) is 11.3 Å².